The zero-order valence-corrected chi connectivity index (χ0v) is 6.26. The molecule has 60 valence electrons. The standard InChI is InChI=1S/C6H15N3O/c1-2-9-6(10)3-5(8)4-7/h5H,2-4,7-8H2,1H3,(H,9,10). The summed E-state index contributed by atoms with van der Waals surface area (Å²) in [6.45, 7) is 2.87. The molecule has 1 atom stereocenters. The minimum Gasteiger partial charge on any atom is -0.356 e. The molecule has 0 aliphatic rings. The third kappa shape index (κ3) is 4.29. The summed E-state index contributed by atoms with van der Waals surface area (Å²) in [5.74, 6) is -0.0274. The summed E-state index contributed by atoms with van der Waals surface area (Å²) < 4.78 is 0. The molecule has 0 saturated heterocycles. The van der Waals surface area contributed by atoms with Gasteiger partial charge >= 0.3 is 0 Å². The molecule has 0 bridgehead atoms. The zero-order valence-electron chi connectivity index (χ0n) is 6.26. The van der Waals surface area contributed by atoms with Gasteiger partial charge in [-0.1, -0.05) is 0 Å². The van der Waals surface area contributed by atoms with Gasteiger partial charge in [0.05, 0.1) is 0 Å². The molecule has 0 aliphatic carbocycles. The van der Waals surface area contributed by atoms with E-state index in [1.807, 2.05) is 6.92 Å². The van der Waals surface area contributed by atoms with Crippen LogP contribution in [0.15, 0.2) is 0 Å². The predicted octanol–water partition coefficient (Wildman–Crippen LogP) is -1.20. The molecule has 4 heteroatoms. The summed E-state index contributed by atoms with van der Waals surface area (Å²) in [6, 6.07) is -0.202. The van der Waals surface area contributed by atoms with Crippen LogP contribution < -0.4 is 16.8 Å². The number of hydrogen-bond acceptors (Lipinski definition) is 3. The normalized spacial score (nSPS) is 12.7. The van der Waals surface area contributed by atoms with E-state index in [1.54, 1.807) is 0 Å². The van der Waals surface area contributed by atoms with Crippen LogP contribution in [0.1, 0.15) is 13.3 Å². The SMILES string of the molecule is CCNC(=O)CC(N)CN. The molecule has 0 heterocycles. The van der Waals surface area contributed by atoms with Gasteiger partial charge in [-0.05, 0) is 6.92 Å². The number of hydrogen-bond donors (Lipinski definition) is 3. The fraction of sp³-hybridized carbons (Fsp3) is 0.833. The molecule has 0 aromatic carbocycles. The fourth-order valence-corrected chi connectivity index (χ4v) is 0.591. The highest BCUT2D eigenvalue weighted by Crippen LogP contribution is 1.83. The van der Waals surface area contributed by atoms with Gasteiger partial charge in [0.1, 0.15) is 0 Å². The highest BCUT2D eigenvalue weighted by atomic mass is 16.1. The number of carbonyl (C=O) groups is 1. The monoisotopic (exact) mass is 145 g/mol. The van der Waals surface area contributed by atoms with Gasteiger partial charge in [0.2, 0.25) is 5.91 Å². The second-order valence-corrected chi connectivity index (χ2v) is 2.15. The van der Waals surface area contributed by atoms with E-state index < -0.39 is 0 Å². The van der Waals surface area contributed by atoms with E-state index in [4.69, 9.17) is 11.5 Å². The van der Waals surface area contributed by atoms with Crippen molar-refractivity contribution in [1.29, 1.82) is 0 Å². The van der Waals surface area contributed by atoms with Gasteiger partial charge in [0, 0.05) is 25.6 Å². The van der Waals surface area contributed by atoms with Crippen LogP contribution in [0.25, 0.3) is 0 Å². The number of rotatable bonds is 4. The van der Waals surface area contributed by atoms with Gasteiger partial charge in [-0.3, -0.25) is 4.79 Å². The highest BCUT2D eigenvalue weighted by Gasteiger charge is 2.05. The third-order valence-corrected chi connectivity index (χ3v) is 1.12. The van der Waals surface area contributed by atoms with E-state index in [0.717, 1.165) is 0 Å². The quantitative estimate of drug-likeness (QED) is 0.464. The maximum absolute atomic E-state index is 10.8. The lowest BCUT2D eigenvalue weighted by Gasteiger charge is -2.06. The highest BCUT2D eigenvalue weighted by molar-refractivity contribution is 5.76. The van der Waals surface area contributed by atoms with Crippen LogP contribution in [0, 0.1) is 0 Å². The van der Waals surface area contributed by atoms with Crippen LogP contribution in [-0.2, 0) is 4.79 Å². The lowest BCUT2D eigenvalue weighted by atomic mass is 10.2. The maximum atomic E-state index is 10.8. The van der Waals surface area contributed by atoms with Crippen molar-refractivity contribution in [2.45, 2.75) is 19.4 Å². The molecule has 0 radical (unpaired) electrons. The number of amides is 1. The van der Waals surface area contributed by atoms with Crippen molar-refractivity contribution in [2.24, 2.45) is 11.5 Å². The second-order valence-electron chi connectivity index (χ2n) is 2.15. The first kappa shape index (κ1) is 9.39. The van der Waals surface area contributed by atoms with Crippen LogP contribution in [0.5, 0.6) is 0 Å². The summed E-state index contributed by atoms with van der Waals surface area (Å²) in [4.78, 5) is 10.8. The molecule has 4 nitrogen and oxygen atoms in total. The van der Waals surface area contributed by atoms with Gasteiger partial charge in [-0.2, -0.15) is 0 Å². The summed E-state index contributed by atoms with van der Waals surface area (Å²) in [5, 5.41) is 2.64. The lowest BCUT2D eigenvalue weighted by Crippen LogP contribution is -2.36. The molecule has 0 aliphatic heterocycles. The van der Waals surface area contributed by atoms with Crippen molar-refractivity contribution in [3.05, 3.63) is 0 Å². The third-order valence-electron chi connectivity index (χ3n) is 1.12. The molecule has 0 rings (SSSR count). The average molecular weight is 145 g/mol. The first-order chi connectivity index (χ1) is 4.70. The molecule has 0 saturated carbocycles. The Kier molecular flexibility index (Phi) is 4.88. The van der Waals surface area contributed by atoms with Crippen molar-refractivity contribution in [3.63, 3.8) is 0 Å². The van der Waals surface area contributed by atoms with E-state index in [9.17, 15) is 4.79 Å². The maximum Gasteiger partial charge on any atom is 0.221 e. The first-order valence-electron chi connectivity index (χ1n) is 3.43. The topological polar surface area (TPSA) is 81.1 Å². The molecule has 0 aromatic rings. The van der Waals surface area contributed by atoms with E-state index in [1.165, 1.54) is 0 Å². The predicted molar refractivity (Wildman–Crippen MR) is 40.3 cm³/mol. The fourth-order valence-electron chi connectivity index (χ4n) is 0.591. The molecular formula is C6H15N3O. The molecule has 10 heavy (non-hydrogen) atoms. The summed E-state index contributed by atoms with van der Waals surface area (Å²) in [5.41, 5.74) is 10.6. The van der Waals surface area contributed by atoms with Crippen molar-refractivity contribution >= 4 is 5.91 Å². The lowest BCUT2D eigenvalue weighted by molar-refractivity contribution is -0.121. The number of nitrogens with one attached hydrogen (secondary N) is 1. The van der Waals surface area contributed by atoms with Crippen LogP contribution in [0.2, 0.25) is 0 Å². The molecule has 1 amide bonds. The van der Waals surface area contributed by atoms with Crippen molar-refractivity contribution in [2.75, 3.05) is 13.1 Å². The molecule has 5 N–H and O–H groups in total. The summed E-state index contributed by atoms with van der Waals surface area (Å²) >= 11 is 0. The van der Waals surface area contributed by atoms with Gasteiger partial charge in [-0.25, -0.2) is 0 Å². The molecule has 1 unspecified atom stereocenters. The molecular weight excluding hydrogens is 130 g/mol. The van der Waals surface area contributed by atoms with Gasteiger partial charge in [0.15, 0.2) is 0 Å². The zero-order chi connectivity index (χ0) is 7.98. The Labute approximate surface area is 61.0 Å². The Hall–Kier alpha value is -0.610. The minimum absolute atomic E-state index is 0.0274. The average Bonchev–Trinajstić information content (AvgIpc) is 1.88. The first-order valence-corrected chi connectivity index (χ1v) is 3.43. The Morgan fingerprint density at radius 3 is 2.70 bits per heavy atom. The Balaban J connectivity index is 3.37. The Bertz CT molecular complexity index is 105. The molecule has 0 spiro atoms. The number of carbonyl (C=O) groups excluding carboxylic acids is 1. The van der Waals surface area contributed by atoms with E-state index in [-0.39, 0.29) is 11.9 Å². The largest absolute Gasteiger partial charge is 0.356 e. The minimum atomic E-state index is -0.202. The van der Waals surface area contributed by atoms with Crippen molar-refractivity contribution in [1.82, 2.24) is 5.32 Å². The van der Waals surface area contributed by atoms with Crippen molar-refractivity contribution in [3.8, 4) is 0 Å². The second kappa shape index (κ2) is 5.20. The summed E-state index contributed by atoms with van der Waals surface area (Å²) in [6.07, 6.45) is 0.324. The smallest absolute Gasteiger partial charge is 0.221 e. The van der Waals surface area contributed by atoms with E-state index >= 15 is 0 Å². The summed E-state index contributed by atoms with van der Waals surface area (Å²) in [7, 11) is 0. The van der Waals surface area contributed by atoms with Crippen LogP contribution in [-0.4, -0.2) is 25.0 Å². The number of nitrogens with two attached hydrogens (primary N) is 2. The Morgan fingerprint density at radius 1 is 1.70 bits per heavy atom. The van der Waals surface area contributed by atoms with Crippen LogP contribution in [0.4, 0.5) is 0 Å². The van der Waals surface area contributed by atoms with E-state index in [0.29, 0.717) is 19.5 Å². The van der Waals surface area contributed by atoms with E-state index in [2.05, 4.69) is 5.32 Å². The van der Waals surface area contributed by atoms with Gasteiger partial charge in [0.25, 0.3) is 0 Å². The van der Waals surface area contributed by atoms with Gasteiger partial charge in [-0.15, -0.1) is 0 Å². The molecule has 0 aromatic heterocycles. The van der Waals surface area contributed by atoms with Gasteiger partial charge < -0.3 is 16.8 Å². The van der Waals surface area contributed by atoms with Crippen molar-refractivity contribution < 1.29 is 4.79 Å². The Morgan fingerprint density at radius 2 is 2.30 bits per heavy atom. The van der Waals surface area contributed by atoms with Crippen LogP contribution >= 0.6 is 0 Å². The molecule has 0 fully saturated rings. The van der Waals surface area contributed by atoms with Crippen LogP contribution in [0.3, 0.4) is 0 Å².